The third-order valence-corrected chi connectivity index (χ3v) is 6.57. The summed E-state index contributed by atoms with van der Waals surface area (Å²) in [5.74, 6) is -1.84. The quantitative estimate of drug-likeness (QED) is 0.493. The van der Waals surface area contributed by atoms with Gasteiger partial charge in [0.05, 0.1) is 23.7 Å². The maximum atomic E-state index is 14.0. The van der Waals surface area contributed by atoms with Crippen molar-refractivity contribution in [2.45, 2.75) is 44.8 Å². The number of amides is 1. The second kappa shape index (κ2) is 8.22. The van der Waals surface area contributed by atoms with Gasteiger partial charge < -0.3 is 9.64 Å². The zero-order valence-electron chi connectivity index (χ0n) is 17.6. The highest BCUT2D eigenvalue weighted by Crippen LogP contribution is 2.44. The zero-order valence-corrected chi connectivity index (χ0v) is 17.6. The number of piperidine rings is 1. The molecule has 1 amide bonds. The molecule has 0 N–H and O–H groups in total. The normalized spacial score (nSPS) is 20.9. The van der Waals surface area contributed by atoms with Gasteiger partial charge in [0.1, 0.15) is 5.82 Å². The van der Waals surface area contributed by atoms with Crippen molar-refractivity contribution in [3.8, 4) is 0 Å². The van der Waals surface area contributed by atoms with Gasteiger partial charge in [-0.3, -0.25) is 4.79 Å². The van der Waals surface area contributed by atoms with Crippen molar-refractivity contribution >= 4 is 11.9 Å². The summed E-state index contributed by atoms with van der Waals surface area (Å²) in [5.41, 5.74) is 0.861. The molecule has 4 nitrogen and oxygen atoms in total. The van der Waals surface area contributed by atoms with Gasteiger partial charge in [-0.05, 0) is 73.1 Å². The van der Waals surface area contributed by atoms with Gasteiger partial charge in [-0.2, -0.15) is 13.2 Å². The van der Waals surface area contributed by atoms with Gasteiger partial charge in [-0.25, -0.2) is 9.18 Å². The summed E-state index contributed by atoms with van der Waals surface area (Å²) >= 11 is 0. The first-order valence-electron chi connectivity index (χ1n) is 10.5. The van der Waals surface area contributed by atoms with Gasteiger partial charge in [-0.15, -0.1) is 0 Å². The van der Waals surface area contributed by atoms with Crippen LogP contribution in [0.3, 0.4) is 0 Å². The highest BCUT2D eigenvalue weighted by atomic mass is 19.4. The molecule has 1 spiro atoms. The van der Waals surface area contributed by atoms with Gasteiger partial charge in [0.25, 0.3) is 0 Å². The highest BCUT2D eigenvalue weighted by molar-refractivity contribution is 5.90. The molecule has 0 radical (unpaired) electrons. The van der Waals surface area contributed by atoms with Crippen molar-refractivity contribution in [3.63, 3.8) is 0 Å². The number of halogens is 4. The smallest absolute Gasteiger partial charge is 0.419 e. The molecule has 8 heteroatoms. The van der Waals surface area contributed by atoms with Crippen LogP contribution in [0.15, 0.2) is 36.4 Å². The van der Waals surface area contributed by atoms with E-state index >= 15 is 0 Å². The Labute approximate surface area is 183 Å². The van der Waals surface area contributed by atoms with Crippen LogP contribution in [-0.2, 0) is 35.1 Å². The van der Waals surface area contributed by atoms with E-state index in [1.807, 2.05) is 6.07 Å². The Morgan fingerprint density at radius 1 is 1.12 bits per heavy atom. The van der Waals surface area contributed by atoms with E-state index in [0.717, 1.165) is 29.7 Å². The van der Waals surface area contributed by atoms with E-state index in [4.69, 9.17) is 4.74 Å². The van der Waals surface area contributed by atoms with Crippen LogP contribution in [0.2, 0.25) is 0 Å². The third kappa shape index (κ3) is 4.10. The van der Waals surface area contributed by atoms with E-state index < -0.39 is 28.9 Å². The van der Waals surface area contributed by atoms with E-state index in [0.29, 0.717) is 43.4 Å². The second-order valence-electron chi connectivity index (χ2n) is 8.57. The summed E-state index contributed by atoms with van der Waals surface area (Å²) < 4.78 is 57.3. The largest absolute Gasteiger partial charge is 0.465 e. The van der Waals surface area contributed by atoms with Gasteiger partial charge in [0, 0.05) is 13.1 Å². The van der Waals surface area contributed by atoms with Gasteiger partial charge in [0.2, 0.25) is 5.91 Å². The summed E-state index contributed by atoms with van der Waals surface area (Å²) in [6.45, 7) is 0.531. The summed E-state index contributed by atoms with van der Waals surface area (Å²) in [6, 6.07) is 8.19. The average molecular weight is 449 g/mol. The number of aryl methyl sites for hydroxylation is 1. The van der Waals surface area contributed by atoms with Crippen LogP contribution >= 0.6 is 0 Å². The molecule has 1 heterocycles. The molecule has 32 heavy (non-hydrogen) atoms. The lowest BCUT2D eigenvalue weighted by molar-refractivity contribution is -0.148. The lowest BCUT2D eigenvalue weighted by Crippen LogP contribution is -2.50. The molecule has 170 valence electrons. The molecule has 1 fully saturated rings. The van der Waals surface area contributed by atoms with Crippen molar-refractivity contribution in [1.82, 2.24) is 4.90 Å². The highest BCUT2D eigenvalue weighted by Gasteiger charge is 2.45. The molecule has 0 saturated carbocycles. The number of carbonyl (C=O) groups excluding carboxylic acids is 2. The fourth-order valence-corrected chi connectivity index (χ4v) is 4.91. The van der Waals surface area contributed by atoms with Gasteiger partial charge >= 0.3 is 12.1 Å². The summed E-state index contributed by atoms with van der Waals surface area (Å²) in [4.78, 5) is 27.0. The number of benzene rings is 2. The Morgan fingerprint density at radius 3 is 2.59 bits per heavy atom. The fourth-order valence-electron chi connectivity index (χ4n) is 4.91. The van der Waals surface area contributed by atoms with Gasteiger partial charge in [0.15, 0.2) is 0 Å². The first kappa shape index (κ1) is 22.3. The minimum Gasteiger partial charge on any atom is -0.465 e. The van der Waals surface area contributed by atoms with Crippen molar-refractivity contribution in [2.75, 3.05) is 13.7 Å². The Balaban J connectivity index is 1.55. The third-order valence-electron chi connectivity index (χ3n) is 6.57. The molecule has 1 aliphatic heterocycles. The Kier molecular flexibility index (Phi) is 5.73. The number of carbonyl (C=O) groups is 2. The molecule has 2 aromatic carbocycles. The maximum Gasteiger partial charge on any atom is 0.419 e. The average Bonchev–Trinajstić information content (AvgIpc) is 2.75. The molecular weight excluding hydrogens is 426 g/mol. The van der Waals surface area contributed by atoms with Crippen LogP contribution in [0.1, 0.15) is 51.9 Å². The molecule has 0 bridgehead atoms. The Morgan fingerprint density at radius 2 is 1.91 bits per heavy atom. The number of fused-ring (bicyclic) bond motifs is 1. The lowest BCUT2D eigenvalue weighted by Gasteiger charge is -2.44. The predicted octanol–water partition coefficient (Wildman–Crippen LogP) is 4.93. The van der Waals surface area contributed by atoms with E-state index in [-0.39, 0.29) is 12.5 Å². The summed E-state index contributed by atoms with van der Waals surface area (Å²) in [5, 5.41) is 0. The number of methoxy groups -OCH3 is 1. The predicted molar refractivity (Wildman–Crippen MR) is 108 cm³/mol. The molecule has 2 aromatic rings. The number of alkyl halides is 3. The molecule has 1 saturated heterocycles. The minimum atomic E-state index is -4.76. The lowest BCUT2D eigenvalue weighted by atomic mass is 9.66. The Hall–Kier alpha value is -2.90. The van der Waals surface area contributed by atoms with Crippen LogP contribution in [0.25, 0.3) is 0 Å². The first-order valence-corrected chi connectivity index (χ1v) is 10.5. The van der Waals surface area contributed by atoms with Gasteiger partial charge in [-0.1, -0.05) is 12.1 Å². The van der Waals surface area contributed by atoms with Crippen molar-refractivity contribution < 1.29 is 31.9 Å². The molecule has 2 aliphatic rings. The molecule has 1 aliphatic carbocycles. The van der Waals surface area contributed by atoms with E-state index in [1.54, 1.807) is 17.0 Å². The van der Waals surface area contributed by atoms with E-state index in [1.165, 1.54) is 13.2 Å². The number of ether oxygens (including phenoxy) is 1. The summed E-state index contributed by atoms with van der Waals surface area (Å²) in [7, 11) is 1.32. The zero-order chi connectivity index (χ0) is 23.1. The fraction of sp³-hybridized carbons (Fsp3) is 0.417. The topological polar surface area (TPSA) is 46.6 Å². The van der Waals surface area contributed by atoms with Crippen LogP contribution in [-0.4, -0.2) is 30.4 Å². The number of rotatable bonds is 3. The van der Waals surface area contributed by atoms with Crippen LogP contribution in [0, 0.1) is 11.2 Å². The number of hydrogen-bond donors (Lipinski definition) is 0. The Bertz CT molecular complexity index is 1070. The summed E-state index contributed by atoms with van der Waals surface area (Å²) in [6.07, 6.45) is -1.46. The SMILES string of the molecule is COC(=O)c1ccc2c(c1)C[C@@]1(CCCN(Cc3ccc(C(F)(F)F)c(F)c3)C1=O)CC2. The number of nitrogens with zero attached hydrogens (tertiary/aromatic N) is 1. The number of likely N-dealkylation sites (tertiary alicyclic amines) is 1. The molecule has 1 atom stereocenters. The monoisotopic (exact) mass is 449 g/mol. The minimum absolute atomic E-state index is 0.0602. The molecule has 0 unspecified atom stereocenters. The maximum absolute atomic E-state index is 14.0. The van der Waals surface area contributed by atoms with Crippen molar-refractivity contribution in [2.24, 2.45) is 5.41 Å². The standard InChI is InChI=1S/C24H23F4NO3/c1-32-21(30)17-5-4-16-7-9-23(13-18(16)12-17)8-2-10-29(22(23)31)14-15-3-6-19(20(25)11-15)24(26,27)28/h3-6,11-12H,2,7-10,13-14H2,1H3/t23-/m1/s1. The molecule has 0 aromatic heterocycles. The number of hydrogen-bond acceptors (Lipinski definition) is 3. The van der Waals surface area contributed by atoms with Crippen molar-refractivity contribution in [1.29, 1.82) is 0 Å². The van der Waals surface area contributed by atoms with Crippen LogP contribution in [0.4, 0.5) is 17.6 Å². The van der Waals surface area contributed by atoms with E-state index in [9.17, 15) is 27.2 Å². The molecule has 4 rings (SSSR count). The number of esters is 1. The van der Waals surface area contributed by atoms with Crippen molar-refractivity contribution in [3.05, 3.63) is 70.0 Å². The first-order chi connectivity index (χ1) is 15.1. The van der Waals surface area contributed by atoms with E-state index in [2.05, 4.69) is 0 Å². The van der Waals surface area contributed by atoms with Crippen LogP contribution in [0.5, 0.6) is 0 Å². The van der Waals surface area contributed by atoms with Crippen LogP contribution < -0.4 is 0 Å². The second-order valence-corrected chi connectivity index (χ2v) is 8.57. The molecular formula is C24H23F4NO3.